The van der Waals surface area contributed by atoms with Gasteiger partial charge in [0.15, 0.2) is 0 Å². The van der Waals surface area contributed by atoms with Gasteiger partial charge in [-0.25, -0.2) is 0 Å². The molecule has 34 valence electrons. The fourth-order valence-electron chi connectivity index (χ4n) is 0.104. The molecule has 0 amide bonds. The molecular weight excluding hydrogens is 80.0 g/mol. The number of aliphatic hydroxyl groups is 1. The van der Waals surface area contributed by atoms with Gasteiger partial charge in [-0.3, -0.25) is 0 Å². The SMILES string of the molecule is COC#CCO. The molecule has 0 aromatic rings. The van der Waals surface area contributed by atoms with Crippen LogP contribution in [0.25, 0.3) is 0 Å². The summed E-state index contributed by atoms with van der Waals surface area (Å²) in [6.07, 6.45) is 2.20. The van der Waals surface area contributed by atoms with Crippen molar-refractivity contribution in [2.24, 2.45) is 0 Å². The number of ether oxygens (including phenoxy) is 1. The Balaban J connectivity index is 2.90. The molecule has 6 heavy (non-hydrogen) atoms. The molecule has 0 aromatic heterocycles. The lowest BCUT2D eigenvalue weighted by Crippen LogP contribution is -1.71. The summed E-state index contributed by atoms with van der Waals surface area (Å²) in [5.41, 5.74) is 0. The number of aliphatic hydroxyl groups excluding tert-OH is 1. The van der Waals surface area contributed by atoms with Crippen molar-refractivity contribution in [3.05, 3.63) is 0 Å². The number of hydrogen-bond acceptors (Lipinski definition) is 2. The molecule has 0 aliphatic carbocycles. The van der Waals surface area contributed by atoms with Gasteiger partial charge < -0.3 is 9.84 Å². The summed E-state index contributed by atoms with van der Waals surface area (Å²) in [6.45, 7) is -0.131. The zero-order chi connectivity index (χ0) is 4.83. The standard InChI is InChI=1S/C4H6O2/c1-6-4-2-3-5/h5H,3H2,1H3. The monoisotopic (exact) mass is 86.0 g/mol. The van der Waals surface area contributed by atoms with E-state index in [2.05, 4.69) is 16.8 Å². The van der Waals surface area contributed by atoms with Gasteiger partial charge in [0.2, 0.25) is 0 Å². The van der Waals surface area contributed by atoms with Crippen LogP contribution in [-0.4, -0.2) is 18.8 Å². The predicted molar refractivity (Wildman–Crippen MR) is 21.9 cm³/mol. The summed E-state index contributed by atoms with van der Waals surface area (Å²) in [6, 6.07) is 0. The topological polar surface area (TPSA) is 29.5 Å². The Morgan fingerprint density at radius 1 is 1.83 bits per heavy atom. The molecule has 0 atom stereocenters. The smallest absolute Gasteiger partial charge is 0.112 e. The van der Waals surface area contributed by atoms with E-state index in [1.807, 2.05) is 0 Å². The third-order valence-corrected chi connectivity index (χ3v) is 0.253. The van der Waals surface area contributed by atoms with Crippen LogP contribution in [0.3, 0.4) is 0 Å². The van der Waals surface area contributed by atoms with Gasteiger partial charge in [-0.2, -0.15) is 0 Å². The van der Waals surface area contributed by atoms with E-state index in [0.717, 1.165) is 0 Å². The third-order valence-electron chi connectivity index (χ3n) is 0.253. The summed E-state index contributed by atoms with van der Waals surface area (Å²) in [5.74, 6) is 2.28. The Bertz CT molecular complexity index is 59.4. The van der Waals surface area contributed by atoms with Gasteiger partial charge in [0.1, 0.15) is 12.7 Å². The van der Waals surface area contributed by atoms with E-state index in [1.54, 1.807) is 0 Å². The second-order valence-electron chi connectivity index (χ2n) is 0.641. The Labute approximate surface area is 36.7 Å². The molecule has 0 saturated carbocycles. The second kappa shape index (κ2) is 4.32. The van der Waals surface area contributed by atoms with Gasteiger partial charge in [0.05, 0.1) is 7.11 Å². The van der Waals surface area contributed by atoms with Crippen molar-refractivity contribution in [2.75, 3.05) is 13.7 Å². The molecule has 0 rings (SSSR count). The average Bonchev–Trinajstić information content (AvgIpc) is 1.61. The highest BCUT2D eigenvalue weighted by Crippen LogP contribution is 1.52. The molecular formula is C4H6O2. The van der Waals surface area contributed by atoms with Crippen LogP contribution in [0.2, 0.25) is 0 Å². The molecule has 0 saturated heterocycles. The minimum atomic E-state index is -0.131. The summed E-state index contributed by atoms with van der Waals surface area (Å²) >= 11 is 0. The fraction of sp³-hybridized carbons (Fsp3) is 0.500. The molecule has 0 fully saturated rings. The zero-order valence-corrected chi connectivity index (χ0v) is 3.56. The van der Waals surface area contributed by atoms with Crippen LogP contribution >= 0.6 is 0 Å². The molecule has 1 N–H and O–H groups in total. The van der Waals surface area contributed by atoms with Gasteiger partial charge in [-0.15, -0.1) is 0 Å². The quantitative estimate of drug-likeness (QED) is 0.406. The van der Waals surface area contributed by atoms with Crippen molar-refractivity contribution in [1.82, 2.24) is 0 Å². The zero-order valence-electron chi connectivity index (χ0n) is 3.56. The molecule has 0 radical (unpaired) electrons. The Morgan fingerprint density at radius 2 is 2.50 bits per heavy atom. The van der Waals surface area contributed by atoms with Crippen molar-refractivity contribution >= 4 is 0 Å². The van der Waals surface area contributed by atoms with Crippen molar-refractivity contribution in [1.29, 1.82) is 0 Å². The lowest BCUT2D eigenvalue weighted by Gasteiger charge is -1.72. The lowest BCUT2D eigenvalue weighted by atomic mass is 10.8. The Hall–Kier alpha value is -0.680. The third kappa shape index (κ3) is 3.32. The van der Waals surface area contributed by atoms with Crippen molar-refractivity contribution < 1.29 is 9.84 Å². The molecule has 0 spiro atoms. The average molecular weight is 86.1 g/mol. The van der Waals surface area contributed by atoms with Crippen molar-refractivity contribution in [3.8, 4) is 12.0 Å². The highest BCUT2D eigenvalue weighted by atomic mass is 16.5. The lowest BCUT2D eigenvalue weighted by molar-refractivity contribution is 0.341. The normalized spacial score (nSPS) is 5.67. The van der Waals surface area contributed by atoms with E-state index in [0.29, 0.717) is 0 Å². The van der Waals surface area contributed by atoms with Gasteiger partial charge >= 0.3 is 0 Å². The van der Waals surface area contributed by atoms with Crippen LogP contribution in [0.5, 0.6) is 0 Å². The molecule has 2 heteroatoms. The molecule has 0 heterocycles. The Kier molecular flexibility index (Phi) is 3.83. The first-order valence-corrected chi connectivity index (χ1v) is 1.53. The predicted octanol–water partition coefficient (Wildman–Crippen LogP) is -0.414. The molecule has 2 nitrogen and oxygen atoms in total. The molecule has 0 aromatic carbocycles. The first-order chi connectivity index (χ1) is 2.91. The van der Waals surface area contributed by atoms with Crippen LogP contribution in [0.4, 0.5) is 0 Å². The molecule has 0 aliphatic heterocycles. The molecule has 0 unspecified atom stereocenters. The van der Waals surface area contributed by atoms with E-state index in [1.165, 1.54) is 7.11 Å². The van der Waals surface area contributed by atoms with Crippen LogP contribution < -0.4 is 0 Å². The van der Waals surface area contributed by atoms with Crippen LogP contribution in [-0.2, 0) is 4.74 Å². The fourth-order valence-corrected chi connectivity index (χ4v) is 0.104. The summed E-state index contributed by atoms with van der Waals surface area (Å²) in [7, 11) is 1.45. The maximum absolute atomic E-state index is 7.94. The van der Waals surface area contributed by atoms with Gasteiger partial charge in [-0.1, -0.05) is 0 Å². The van der Waals surface area contributed by atoms with Crippen LogP contribution in [0, 0.1) is 12.0 Å². The number of methoxy groups -OCH3 is 1. The molecule has 0 aliphatic rings. The number of hydrogen-bond donors (Lipinski definition) is 1. The number of rotatable bonds is 0. The van der Waals surface area contributed by atoms with Gasteiger partial charge in [0, 0.05) is 0 Å². The first-order valence-electron chi connectivity index (χ1n) is 1.53. The highest BCUT2D eigenvalue weighted by molar-refractivity contribution is 4.89. The van der Waals surface area contributed by atoms with E-state index in [4.69, 9.17) is 5.11 Å². The van der Waals surface area contributed by atoms with E-state index >= 15 is 0 Å². The minimum absolute atomic E-state index is 0.131. The maximum atomic E-state index is 7.94. The summed E-state index contributed by atoms with van der Waals surface area (Å²) in [4.78, 5) is 0. The summed E-state index contributed by atoms with van der Waals surface area (Å²) in [5, 5.41) is 7.94. The van der Waals surface area contributed by atoms with E-state index in [-0.39, 0.29) is 6.61 Å². The highest BCUT2D eigenvalue weighted by Gasteiger charge is 1.55. The van der Waals surface area contributed by atoms with Crippen LogP contribution in [0.15, 0.2) is 0 Å². The minimum Gasteiger partial charge on any atom is -0.450 e. The maximum Gasteiger partial charge on any atom is 0.112 e. The molecule has 0 bridgehead atoms. The largest absolute Gasteiger partial charge is 0.450 e. The van der Waals surface area contributed by atoms with Gasteiger partial charge in [-0.05, 0) is 5.92 Å². The summed E-state index contributed by atoms with van der Waals surface area (Å²) < 4.78 is 4.26. The van der Waals surface area contributed by atoms with Crippen molar-refractivity contribution in [2.45, 2.75) is 0 Å². The second-order valence-corrected chi connectivity index (χ2v) is 0.641. The van der Waals surface area contributed by atoms with Gasteiger partial charge in [0.25, 0.3) is 0 Å². The van der Waals surface area contributed by atoms with E-state index < -0.39 is 0 Å². The van der Waals surface area contributed by atoms with E-state index in [9.17, 15) is 0 Å². The first kappa shape index (κ1) is 5.32. The van der Waals surface area contributed by atoms with Crippen molar-refractivity contribution in [3.63, 3.8) is 0 Å². The Morgan fingerprint density at radius 3 is 2.67 bits per heavy atom. The van der Waals surface area contributed by atoms with Crippen LogP contribution in [0.1, 0.15) is 0 Å².